The van der Waals surface area contributed by atoms with Crippen molar-refractivity contribution in [3.8, 4) is 0 Å². The number of thioether (sulfide) groups is 1. The molecule has 0 unspecified atom stereocenters. The summed E-state index contributed by atoms with van der Waals surface area (Å²) >= 11 is 1.73. The Bertz CT molecular complexity index is 534. The van der Waals surface area contributed by atoms with Crippen LogP contribution in [0.25, 0.3) is 0 Å². The van der Waals surface area contributed by atoms with Crippen LogP contribution in [0.2, 0.25) is 0 Å². The fraction of sp³-hybridized carbons (Fsp3) is 0.500. The fourth-order valence-corrected chi connectivity index (χ4v) is 3.10. The molecule has 4 nitrogen and oxygen atoms in total. The fourth-order valence-electron chi connectivity index (χ4n) is 2.69. The lowest BCUT2D eigenvalue weighted by molar-refractivity contribution is 0.00902. The second-order valence-electron chi connectivity index (χ2n) is 5.91. The SMILES string of the molecule is C=CCO/N=C(/c1ccc(SC)cc1)C(C)(C)N1CCOCC1. The molecule has 23 heavy (non-hydrogen) atoms. The van der Waals surface area contributed by atoms with Gasteiger partial charge in [-0.05, 0) is 32.2 Å². The Morgan fingerprint density at radius 3 is 2.57 bits per heavy atom. The zero-order valence-electron chi connectivity index (χ0n) is 14.2. The summed E-state index contributed by atoms with van der Waals surface area (Å²) in [6, 6.07) is 8.48. The Morgan fingerprint density at radius 2 is 2.00 bits per heavy atom. The molecule has 0 N–H and O–H groups in total. The van der Waals surface area contributed by atoms with Gasteiger partial charge in [-0.3, -0.25) is 4.90 Å². The molecule has 5 heteroatoms. The minimum atomic E-state index is -0.230. The van der Waals surface area contributed by atoms with Gasteiger partial charge in [-0.1, -0.05) is 29.9 Å². The number of rotatable bonds is 7. The molecular weight excluding hydrogens is 308 g/mol. The third-order valence-corrected chi connectivity index (χ3v) is 4.84. The van der Waals surface area contributed by atoms with Crippen molar-refractivity contribution in [2.45, 2.75) is 24.3 Å². The molecule has 0 aromatic heterocycles. The maximum absolute atomic E-state index is 5.48. The lowest BCUT2D eigenvalue weighted by Crippen LogP contribution is -2.54. The van der Waals surface area contributed by atoms with Crippen molar-refractivity contribution in [2.75, 3.05) is 39.2 Å². The van der Waals surface area contributed by atoms with Gasteiger partial charge in [0.15, 0.2) is 0 Å². The number of hydrogen-bond donors (Lipinski definition) is 0. The van der Waals surface area contributed by atoms with E-state index >= 15 is 0 Å². The van der Waals surface area contributed by atoms with E-state index in [0.29, 0.717) is 6.61 Å². The van der Waals surface area contributed by atoms with Gasteiger partial charge in [0, 0.05) is 23.5 Å². The molecule has 1 fully saturated rings. The number of oxime groups is 1. The molecule has 1 heterocycles. The zero-order valence-corrected chi connectivity index (χ0v) is 15.1. The molecule has 0 radical (unpaired) electrons. The summed E-state index contributed by atoms with van der Waals surface area (Å²) in [5, 5.41) is 4.44. The quantitative estimate of drug-likeness (QED) is 0.252. The van der Waals surface area contributed by atoms with Gasteiger partial charge in [0.05, 0.1) is 18.8 Å². The van der Waals surface area contributed by atoms with E-state index in [9.17, 15) is 0 Å². The predicted octanol–water partition coefficient (Wildman–Crippen LogP) is 3.43. The number of hydrogen-bond acceptors (Lipinski definition) is 5. The van der Waals surface area contributed by atoms with Crippen LogP contribution in [0.3, 0.4) is 0 Å². The summed E-state index contributed by atoms with van der Waals surface area (Å²) in [7, 11) is 0. The van der Waals surface area contributed by atoms with E-state index in [-0.39, 0.29) is 5.54 Å². The highest BCUT2D eigenvalue weighted by atomic mass is 32.2. The smallest absolute Gasteiger partial charge is 0.135 e. The maximum atomic E-state index is 5.48. The largest absolute Gasteiger partial charge is 0.391 e. The van der Waals surface area contributed by atoms with Crippen LogP contribution < -0.4 is 0 Å². The van der Waals surface area contributed by atoms with Crippen LogP contribution in [0.15, 0.2) is 47.0 Å². The topological polar surface area (TPSA) is 34.1 Å². The van der Waals surface area contributed by atoms with Gasteiger partial charge in [-0.25, -0.2) is 0 Å². The van der Waals surface area contributed by atoms with Crippen molar-refractivity contribution in [1.82, 2.24) is 4.90 Å². The highest BCUT2D eigenvalue weighted by molar-refractivity contribution is 7.98. The highest BCUT2D eigenvalue weighted by Gasteiger charge is 2.35. The number of benzene rings is 1. The van der Waals surface area contributed by atoms with Gasteiger partial charge in [0.1, 0.15) is 12.3 Å². The van der Waals surface area contributed by atoms with Gasteiger partial charge in [-0.2, -0.15) is 0 Å². The van der Waals surface area contributed by atoms with Crippen LogP contribution in [-0.4, -0.2) is 55.3 Å². The third-order valence-electron chi connectivity index (χ3n) is 4.09. The molecule has 1 aromatic carbocycles. The zero-order chi connectivity index (χ0) is 16.7. The number of nitrogens with zero attached hydrogens (tertiary/aromatic N) is 2. The first-order valence-electron chi connectivity index (χ1n) is 7.88. The molecule has 0 bridgehead atoms. The van der Waals surface area contributed by atoms with Crippen molar-refractivity contribution in [3.05, 3.63) is 42.5 Å². The standard InChI is InChI=1S/C18H26N2O2S/c1-5-12-22-19-17(15-6-8-16(23-4)9-7-15)18(2,3)20-10-13-21-14-11-20/h5-9H,1,10-14H2,2-4H3/b19-17-. The van der Waals surface area contributed by atoms with E-state index in [1.54, 1.807) is 17.8 Å². The molecule has 2 rings (SSSR count). The van der Waals surface area contributed by atoms with Gasteiger partial charge < -0.3 is 9.57 Å². The first-order chi connectivity index (χ1) is 11.1. The van der Waals surface area contributed by atoms with Gasteiger partial charge >= 0.3 is 0 Å². The van der Waals surface area contributed by atoms with Crippen molar-refractivity contribution in [1.29, 1.82) is 0 Å². The molecule has 1 aliphatic rings. The van der Waals surface area contributed by atoms with Crippen molar-refractivity contribution in [2.24, 2.45) is 5.16 Å². The lowest BCUT2D eigenvalue weighted by atomic mass is 9.90. The van der Waals surface area contributed by atoms with E-state index in [2.05, 4.69) is 61.0 Å². The first kappa shape index (κ1) is 18.0. The molecule has 1 aliphatic heterocycles. The van der Waals surface area contributed by atoms with Crippen molar-refractivity contribution in [3.63, 3.8) is 0 Å². The third kappa shape index (κ3) is 4.59. The van der Waals surface area contributed by atoms with Crippen LogP contribution in [0.1, 0.15) is 19.4 Å². The van der Waals surface area contributed by atoms with Gasteiger partial charge in [-0.15, -0.1) is 11.8 Å². The Morgan fingerprint density at radius 1 is 1.35 bits per heavy atom. The minimum Gasteiger partial charge on any atom is -0.391 e. The summed E-state index contributed by atoms with van der Waals surface area (Å²) < 4.78 is 5.48. The van der Waals surface area contributed by atoms with Crippen molar-refractivity contribution >= 4 is 17.5 Å². The molecule has 0 atom stereocenters. The number of morpholine rings is 1. The van der Waals surface area contributed by atoms with Crippen LogP contribution in [0, 0.1) is 0 Å². The number of ether oxygens (including phenoxy) is 1. The second-order valence-corrected chi connectivity index (χ2v) is 6.79. The summed E-state index contributed by atoms with van der Waals surface area (Å²) in [6.07, 6.45) is 3.79. The summed E-state index contributed by atoms with van der Waals surface area (Å²) in [5.74, 6) is 0. The van der Waals surface area contributed by atoms with Gasteiger partial charge in [0.2, 0.25) is 0 Å². The summed E-state index contributed by atoms with van der Waals surface area (Å²) in [6.45, 7) is 11.8. The molecule has 0 aliphatic carbocycles. The Labute approximate surface area is 143 Å². The van der Waals surface area contributed by atoms with Crippen LogP contribution >= 0.6 is 11.8 Å². The summed E-state index contributed by atoms with van der Waals surface area (Å²) in [4.78, 5) is 9.08. The van der Waals surface area contributed by atoms with Crippen LogP contribution in [-0.2, 0) is 9.57 Å². The van der Waals surface area contributed by atoms with E-state index in [4.69, 9.17) is 9.57 Å². The van der Waals surface area contributed by atoms with E-state index in [1.165, 1.54) is 4.90 Å². The van der Waals surface area contributed by atoms with Crippen molar-refractivity contribution < 1.29 is 9.57 Å². The molecule has 126 valence electrons. The summed E-state index contributed by atoms with van der Waals surface area (Å²) in [5.41, 5.74) is 1.79. The maximum Gasteiger partial charge on any atom is 0.135 e. The second kappa shape index (κ2) is 8.52. The van der Waals surface area contributed by atoms with Gasteiger partial charge in [0.25, 0.3) is 0 Å². The van der Waals surface area contributed by atoms with E-state index < -0.39 is 0 Å². The average Bonchev–Trinajstić information content (AvgIpc) is 2.59. The monoisotopic (exact) mass is 334 g/mol. The van der Waals surface area contributed by atoms with E-state index in [1.807, 2.05) is 0 Å². The molecule has 0 amide bonds. The van der Waals surface area contributed by atoms with Crippen LogP contribution in [0.4, 0.5) is 0 Å². The predicted molar refractivity (Wildman–Crippen MR) is 97.4 cm³/mol. The molecule has 0 saturated carbocycles. The molecule has 1 aromatic rings. The highest BCUT2D eigenvalue weighted by Crippen LogP contribution is 2.24. The normalized spacial score (nSPS) is 17.1. The molecule has 1 saturated heterocycles. The average molecular weight is 334 g/mol. The first-order valence-corrected chi connectivity index (χ1v) is 9.10. The molecule has 0 spiro atoms. The van der Waals surface area contributed by atoms with Crippen LogP contribution in [0.5, 0.6) is 0 Å². The lowest BCUT2D eigenvalue weighted by Gasteiger charge is -2.41. The minimum absolute atomic E-state index is 0.230. The Balaban J connectivity index is 2.31. The molecular formula is C18H26N2O2S. The Hall–Kier alpha value is -1.30. The Kier molecular flexibility index (Phi) is 6.69. The van der Waals surface area contributed by atoms with E-state index in [0.717, 1.165) is 37.6 Å².